The molecule has 3 aromatic rings. The summed E-state index contributed by atoms with van der Waals surface area (Å²) in [6, 6.07) is 17.8. The van der Waals surface area contributed by atoms with Crippen molar-refractivity contribution in [3.63, 3.8) is 0 Å². The molecule has 0 aliphatic rings. The molecule has 1 heterocycles. The Morgan fingerprint density at radius 2 is 1.72 bits per heavy atom. The van der Waals surface area contributed by atoms with Gasteiger partial charge in [0.15, 0.2) is 0 Å². The lowest BCUT2D eigenvalue weighted by Gasteiger charge is -2.21. The van der Waals surface area contributed by atoms with E-state index in [1.54, 1.807) is 6.07 Å². The minimum absolute atomic E-state index is 0.226. The molecule has 0 bridgehead atoms. The van der Waals surface area contributed by atoms with Crippen LogP contribution in [0.25, 0.3) is 0 Å². The third kappa shape index (κ3) is 5.31. The molecule has 0 aliphatic carbocycles. The highest BCUT2D eigenvalue weighted by molar-refractivity contribution is 5.92. The van der Waals surface area contributed by atoms with E-state index in [4.69, 9.17) is 0 Å². The van der Waals surface area contributed by atoms with Gasteiger partial charge in [0, 0.05) is 37.1 Å². The highest BCUT2D eigenvalue weighted by Gasteiger charge is 2.10. The van der Waals surface area contributed by atoms with Crippen molar-refractivity contribution < 1.29 is 4.79 Å². The van der Waals surface area contributed by atoms with Crippen LogP contribution in [-0.4, -0.2) is 29.0 Å². The summed E-state index contributed by atoms with van der Waals surface area (Å²) in [6.45, 7) is 8.71. The average molecular weight is 390 g/mol. The van der Waals surface area contributed by atoms with Crippen molar-refractivity contribution >= 4 is 23.1 Å². The van der Waals surface area contributed by atoms with Crippen molar-refractivity contribution in [2.24, 2.45) is 0 Å². The minimum atomic E-state index is -0.226. The third-order valence-corrected chi connectivity index (χ3v) is 4.87. The second-order valence-electron chi connectivity index (χ2n) is 6.74. The Morgan fingerprint density at radius 3 is 2.41 bits per heavy atom. The van der Waals surface area contributed by atoms with E-state index in [1.807, 2.05) is 43.3 Å². The van der Waals surface area contributed by atoms with Crippen LogP contribution in [0.2, 0.25) is 0 Å². The molecular weight excluding hydrogens is 362 g/mol. The summed E-state index contributed by atoms with van der Waals surface area (Å²) in [7, 11) is 0. The number of nitrogens with zero attached hydrogens (tertiary/aromatic N) is 3. The Balaban J connectivity index is 1.64. The monoisotopic (exact) mass is 389 g/mol. The maximum absolute atomic E-state index is 12.5. The van der Waals surface area contributed by atoms with Crippen molar-refractivity contribution in [2.45, 2.75) is 27.3 Å². The number of aromatic nitrogens is 2. The molecule has 150 valence electrons. The molecule has 0 radical (unpaired) electrons. The number of carbonyl (C=O) groups is 1. The van der Waals surface area contributed by atoms with Crippen molar-refractivity contribution in [3.8, 4) is 0 Å². The van der Waals surface area contributed by atoms with Gasteiger partial charge in [-0.05, 0) is 56.2 Å². The summed E-state index contributed by atoms with van der Waals surface area (Å²) in [5.41, 5.74) is 4.65. The van der Waals surface area contributed by atoms with Gasteiger partial charge in [-0.25, -0.2) is 9.97 Å². The number of aryl methyl sites for hydroxylation is 1. The molecule has 6 heteroatoms. The zero-order chi connectivity index (χ0) is 20.6. The lowest BCUT2D eigenvalue weighted by molar-refractivity contribution is 0.0945. The Bertz CT molecular complexity index is 951. The van der Waals surface area contributed by atoms with Crippen LogP contribution in [0.4, 0.5) is 17.2 Å². The standard InChI is InChI=1S/C23H27N5O/c1-4-28(5-2)20-12-10-19(11-13-20)27-22-14-21(25-16-26-22)23(29)24-15-18-9-7-6-8-17(18)3/h6-14,16H,4-5,15H2,1-3H3,(H,24,29)(H,25,26,27). The molecule has 0 fully saturated rings. The maximum Gasteiger partial charge on any atom is 0.270 e. The fourth-order valence-corrected chi connectivity index (χ4v) is 3.12. The van der Waals surface area contributed by atoms with E-state index in [0.717, 1.165) is 29.9 Å². The van der Waals surface area contributed by atoms with Gasteiger partial charge in [-0.3, -0.25) is 4.79 Å². The first-order chi connectivity index (χ1) is 14.1. The van der Waals surface area contributed by atoms with Crippen LogP contribution in [0.1, 0.15) is 35.5 Å². The summed E-state index contributed by atoms with van der Waals surface area (Å²) in [6.07, 6.45) is 1.40. The molecule has 0 saturated heterocycles. The number of carbonyl (C=O) groups excluding carboxylic acids is 1. The molecule has 6 nitrogen and oxygen atoms in total. The van der Waals surface area contributed by atoms with Crippen LogP contribution in [0.5, 0.6) is 0 Å². The molecule has 3 rings (SSSR count). The van der Waals surface area contributed by atoms with Gasteiger partial charge >= 0.3 is 0 Å². The van der Waals surface area contributed by atoms with Gasteiger partial charge in [0.1, 0.15) is 17.8 Å². The van der Waals surface area contributed by atoms with Crippen LogP contribution in [-0.2, 0) is 6.54 Å². The topological polar surface area (TPSA) is 70.2 Å². The Hall–Kier alpha value is -3.41. The number of anilines is 3. The summed E-state index contributed by atoms with van der Waals surface area (Å²) in [5, 5.41) is 6.15. The van der Waals surface area contributed by atoms with Crippen LogP contribution in [0, 0.1) is 6.92 Å². The second kappa shape index (κ2) is 9.68. The van der Waals surface area contributed by atoms with Gasteiger partial charge < -0.3 is 15.5 Å². The van der Waals surface area contributed by atoms with Gasteiger partial charge in [0.05, 0.1) is 0 Å². The van der Waals surface area contributed by atoms with Gasteiger partial charge in [-0.2, -0.15) is 0 Å². The molecule has 2 aromatic carbocycles. The smallest absolute Gasteiger partial charge is 0.270 e. The third-order valence-electron chi connectivity index (χ3n) is 4.87. The van der Waals surface area contributed by atoms with E-state index in [9.17, 15) is 4.79 Å². The second-order valence-corrected chi connectivity index (χ2v) is 6.74. The number of rotatable bonds is 8. The summed E-state index contributed by atoms with van der Waals surface area (Å²) in [4.78, 5) is 23.1. The molecule has 0 unspecified atom stereocenters. The predicted molar refractivity (Wildman–Crippen MR) is 118 cm³/mol. The number of hydrogen-bond donors (Lipinski definition) is 2. The molecule has 2 N–H and O–H groups in total. The normalized spacial score (nSPS) is 10.4. The van der Waals surface area contributed by atoms with E-state index < -0.39 is 0 Å². The summed E-state index contributed by atoms with van der Waals surface area (Å²) in [5.74, 6) is 0.354. The van der Waals surface area contributed by atoms with Crippen LogP contribution < -0.4 is 15.5 Å². The molecule has 29 heavy (non-hydrogen) atoms. The van der Waals surface area contributed by atoms with Crippen molar-refractivity contribution in [2.75, 3.05) is 23.3 Å². The largest absolute Gasteiger partial charge is 0.372 e. The molecular formula is C23H27N5O. The highest BCUT2D eigenvalue weighted by atomic mass is 16.1. The van der Waals surface area contributed by atoms with E-state index in [1.165, 1.54) is 12.0 Å². The molecule has 0 atom stereocenters. The molecule has 0 aliphatic heterocycles. The number of nitrogens with one attached hydrogen (secondary N) is 2. The molecule has 0 saturated carbocycles. The first-order valence-corrected chi connectivity index (χ1v) is 9.87. The summed E-state index contributed by atoms with van der Waals surface area (Å²) >= 11 is 0. The van der Waals surface area contributed by atoms with Crippen LogP contribution in [0.3, 0.4) is 0 Å². The zero-order valence-corrected chi connectivity index (χ0v) is 17.1. The predicted octanol–water partition coefficient (Wildman–Crippen LogP) is 4.30. The number of benzene rings is 2. The van der Waals surface area contributed by atoms with Gasteiger partial charge in [-0.15, -0.1) is 0 Å². The van der Waals surface area contributed by atoms with E-state index in [2.05, 4.69) is 51.5 Å². The zero-order valence-electron chi connectivity index (χ0n) is 17.1. The van der Waals surface area contributed by atoms with Gasteiger partial charge in [0.2, 0.25) is 0 Å². The molecule has 1 amide bonds. The Morgan fingerprint density at radius 1 is 1.00 bits per heavy atom. The van der Waals surface area contributed by atoms with E-state index in [0.29, 0.717) is 18.1 Å². The highest BCUT2D eigenvalue weighted by Crippen LogP contribution is 2.20. The first-order valence-electron chi connectivity index (χ1n) is 9.87. The van der Waals surface area contributed by atoms with Crippen LogP contribution in [0.15, 0.2) is 60.9 Å². The summed E-state index contributed by atoms with van der Waals surface area (Å²) < 4.78 is 0. The SMILES string of the molecule is CCN(CC)c1ccc(Nc2cc(C(=O)NCc3ccccc3C)ncn2)cc1. The Labute approximate surface area is 172 Å². The fraction of sp³-hybridized carbons (Fsp3) is 0.261. The van der Waals surface area contributed by atoms with Crippen molar-refractivity contribution in [1.29, 1.82) is 0 Å². The van der Waals surface area contributed by atoms with Crippen LogP contribution >= 0.6 is 0 Å². The fourth-order valence-electron chi connectivity index (χ4n) is 3.12. The molecule has 0 spiro atoms. The van der Waals surface area contributed by atoms with E-state index >= 15 is 0 Å². The van der Waals surface area contributed by atoms with Gasteiger partial charge in [-0.1, -0.05) is 24.3 Å². The van der Waals surface area contributed by atoms with E-state index in [-0.39, 0.29) is 5.91 Å². The Kier molecular flexibility index (Phi) is 6.79. The molecule has 1 aromatic heterocycles. The van der Waals surface area contributed by atoms with Crippen molar-refractivity contribution in [3.05, 3.63) is 77.7 Å². The quantitative estimate of drug-likeness (QED) is 0.601. The van der Waals surface area contributed by atoms with Gasteiger partial charge in [0.25, 0.3) is 5.91 Å². The number of amides is 1. The first kappa shape index (κ1) is 20.3. The average Bonchev–Trinajstić information content (AvgIpc) is 2.75. The lowest BCUT2D eigenvalue weighted by atomic mass is 10.1. The minimum Gasteiger partial charge on any atom is -0.372 e. The number of hydrogen-bond acceptors (Lipinski definition) is 5. The lowest BCUT2D eigenvalue weighted by Crippen LogP contribution is -2.24. The van der Waals surface area contributed by atoms with Crippen molar-refractivity contribution in [1.82, 2.24) is 15.3 Å². The maximum atomic E-state index is 12.5.